The Bertz CT molecular complexity index is 924. The van der Waals surface area contributed by atoms with Gasteiger partial charge < -0.3 is 16.0 Å². The maximum atomic E-state index is 12.6. The van der Waals surface area contributed by atoms with Crippen LogP contribution in [-0.4, -0.2) is 60.4 Å². The number of benzene rings is 1. The molecular formula is C24H35N5O2S. The number of rotatable bonds is 8. The van der Waals surface area contributed by atoms with Gasteiger partial charge in [0, 0.05) is 49.9 Å². The molecule has 4 rings (SSSR count). The molecule has 7 nitrogen and oxygen atoms in total. The number of aromatic nitrogens is 1. The van der Waals surface area contributed by atoms with Crippen molar-refractivity contribution in [1.82, 2.24) is 14.6 Å². The molecule has 3 unspecified atom stereocenters. The summed E-state index contributed by atoms with van der Waals surface area (Å²) < 4.78 is 5.93. The zero-order chi connectivity index (χ0) is 22.5. The summed E-state index contributed by atoms with van der Waals surface area (Å²) in [7, 11) is 0. The third kappa shape index (κ3) is 5.41. The lowest BCUT2D eigenvalue weighted by atomic mass is 9.74. The second kappa shape index (κ2) is 10.6. The average molecular weight is 458 g/mol. The summed E-state index contributed by atoms with van der Waals surface area (Å²) >= 11 is 1.58. The van der Waals surface area contributed by atoms with Crippen LogP contribution in [0.15, 0.2) is 24.3 Å². The van der Waals surface area contributed by atoms with Gasteiger partial charge in [-0.1, -0.05) is 19.1 Å². The maximum Gasteiger partial charge on any atom is 0.223 e. The molecule has 0 radical (unpaired) electrons. The highest BCUT2D eigenvalue weighted by atomic mass is 32.1. The first-order valence-electron chi connectivity index (χ1n) is 11.9. The first-order chi connectivity index (χ1) is 15.5. The quantitative estimate of drug-likeness (QED) is 0.595. The first-order valence-corrected chi connectivity index (χ1v) is 12.7. The third-order valence-electron chi connectivity index (χ3n) is 7.05. The van der Waals surface area contributed by atoms with Crippen molar-refractivity contribution in [1.29, 1.82) is 0 Å². The van der Waals surface area contributed by atoms with Crippen LogP contribution >= 0.6 is 11.5 Å². The summed E-state index contributed by atoms with van der Waals surface area (Å²) in [5, 5.41) is 4.31. The van der Waals surface area contributed by atoms with Gasteiger partial charge in [0.2, 0.25) is 11.8 Å². The van der Waals surface area contributed by atoms with E-state index in [-0.39, 0.29) is 23.7 Å². The van der Waals surface area contributed by atoms with Crippen LogP contribution in [-0.2, 0) is 9.59 Å². The molecule has 1 saturated carbocycles. The monoisotopic (exact) mass is 457 g/mol. The van der Waals surface area contributed by atoms with Crippen molar-refractivity contribution in [3.05, 3.63) is 24.3 Å². The highest BCUT2D eigenvalue weighted by Gasteiger charge is 2.36. The van der Waals surface area contributed by atoms with Crippen molar-refractivity contribution < 1.29 is 9.59 Å². The molecule has 1 saturated heterocycles. The summed E-state index contributed by atoms with van der Waals surface area (Å²) in [6, 6.07) is 8.44. The number of unbranched alkanes of at least 4 members (excludes halogenated alkanes) is 1. The van der Waals surface area contributed by atoms with Crippen molar-refractivity contribution in [3.63, 3.8) is 0 Å². The lowest BCUT2D eigenvalue weighted by Crippen LogP contribution is -2.47. The summed E-state index contributed by atoms with van der Waals surface area (Å²) in [4.78, 5) is 29.2. The van der Waals surface area contributed by atoms with Crippen LogP contribution in [0.25, 0.3) is 10.1 Å². The summed E-state index contributed by atoms with van der Waals surface area (Å²) in [5.41, 5.74) is 5.55. The fourth-order valence-corrected chi connectivity index (χ4v) is 5.89. The van der Waals surface area contributed by atoms with Gasteiger partial charge >= 0.3 is 0 Å². The van der Waals surface area contributed by atoms with Crippen molar-refractivity contribution in [3.8, 4) is 0 Å². The number of hydrogen-bond donors (Lipinski definition) is 2. The molecule has 1 aliphatic heterocycles. The Kier molecular flexibility index (Phi) is 7.63. The van der Waals surface area contributed by atoms with Crippen molar-refractivity contribution in [2.75, 3.05) is 44.2 Å². The smallest absolute Gasteiger partial charge is 0.223 e. The van der Waals surface area contributed by atoms with E-state index in [1.807, 2.05) is 0 Å². The molecule has 3 atom stereocenters. The normalized spacial score (nSPS) is 24.5. The number of piperazine rings is 1. The Morgan fingerprint density at radius 2 is 1.91 bits per heavy atom. The Hall–Kier alpha value is -2.19. The molecule has 2 aromatic rings. The zero-order valence-corrected chi connectivity index (χ0v) is 19.8. The van der Waals surface area contributed by atoms with E-state index in [2.05, 4.69) is 50.7 Å². The van der Waals surface area contributed by atoms with Gasteiger partial charge in [-0.25, -0.2) is 0 Å². The number of hydrogen-bond acceptors (Lipinski definition) is 6. The second-order valence-electron chi connectivity index (χ2n) is 9.36. The van der Waals surface area contributed by atoms with Gasteiger partial charge in [-0.15, -0.1) is 0 Å². The summed E-state index contributed by atoms with van der Waals surface area (Å²) in [6.07, 6.45) is 4.49. The van der Waals surface area contributed by atoms with E-state index in [9.17, 15) is 9.59 Å². The number of nitrogens with two attached hydrogens (primary N) is 1. The lowest BCUT2D eigenvalue weighted by Gasteiger charge is -2.35. The topological polar surface area (TPSA) is 91.6 Å². The van der Waals surface area contributed by atoms with Crippen LogP contribution in [0, 0.1) is 17.8 Å². The minimum absolute atomic E-state index is 0.00445. The van der Waals surface area contributed by atoms with Crippen LogP contribution in [0.3, 0.4) is 0 Å². The number of carbonyl (C=O) groups is 2. The third-order valence-corrected chi connectivity index (χ3v) is 7.86. The lowest BCUT2D eigenvalue weighted by molar-refractivity contribution is -0.135. The SMILES string of the molecule is CC1CCC(C(=O)NCCCCN2CCN(c3nsc4ccccc34)CC2)C(C(N)=O)C1. The second-order valence-corrected chi connectivity index (χ2v) is 10.2. The van der Waals surface area contributed by atoms with Crippen LogP contribution < -0.4 is 16.0 Å². The van der Waals surface area contributed by atoms with E-state index in [1.54, 1.807) is 11.5 Å². The predicted octanol–water partition coefficient (Wildman–Crippen LogP) is 2.85. The van der Waals surface area contributed by atoms with E-state index in [4.69, 9.17) is 5.73 Å². The number of carbonyl (C=O) groups excluding carboxylic acids is 2. The average Bonchev–Trinajstić information content (AvgIpc) is 3.23. The fraction of sp³-hybridized carbons (Fsp3) is 0.625. The fourth-order valence-electron chi connectivity index (χ4n) is 5.10. The van der Waals surface area contributed by atoms with E-state index in [1.165, 1.54) is 10.1 Å². The minimum atomic E-state index is -0.332. The molecule has 2 heterocycles. The number of nitrogens with zero attached hydrogens (tertiary/aromatic N) is 3. The van der Waals surface area contributed by atoms with Crippen LogP contribution in [0.4, 0.5) is 5.82 Å². The molecule has 2 aliphatic rings. The molecule has 0 spiro atoms. The van der Waals surface area contributed by atoms with Crippen LogP contribution in [0.1, 0.15) is 39.0 Å². The standard InChI is InChI=1S/C24H35N5O2S/c1-17-8-9-18(20(16-17)22(25)30)24(31)26-10-4-5-11-28-12-14-29(15-13-28)23-19-6-2-3-7-21(19)32-27-23/h2-3,6-7,17-18,20H,4-5,8-16H2,1H3,(H2,25,30)(H,26,31). The molecule has 1 aromatic carbocycles. The van der Waals surface area contributed by atoms with Crippen LogP contribution in [0.2, 0.25) is 0 Å². The Balaban J connectivity index is 1.14. The van der Waals surface area contributed by atoms with E-state index in [0.717, 1.165) is 70.6 Å². The van der Waals surface area contributed by atoms with Gasteiger partial charge in [0.25, 0.3) is 0 Å². The van der Waals surface area contributed by atoms with Gasteiger partial charge in [-0.3, -0.25) is 14.5 Å². The molecule has 174 valence electrons. The van der Waals surface area contributed by atoms with E-state index >= 15 is 0 Å². The van der Waals surface area contributed by atoms with Crippen molar-refractivity contribution in [2.24, 2.45) is 23.5 Å². The Labute approximate surface area is 194 Å². The minimum Gasteiger partial charge on any atom is -0.369 e. The number of amides is 2. The number of fused-ring (bicyclic) bond motifs is 1. The van der Waals surface area contributed by atoms with Gasteiger partial charge in [0.05, 0.1) is 4.70 Å². The van der Waals surface area contributed by atoms with Gasteiger partial charge in [0.1, 0.15) is 5.82 Å². The Morgan fingerprint density at radius 3 is 2.69 bits per heavy atom. The van der Waals surface area contributed by atoms with Crippen LogP contribution in [0.5, 0.6) is 0 Å². The largest absolute Gasteiger partial charge is 0.369 e. The Morgan fingerprint density at radius 1 is 1.12 bits per heavy atom. The molecular weight excluding hydrogens is 422 g/mol. The van der Waals surface area contributed by atoms with E-state index in [0.29, 0.717) is 12.5 Å². The van der Waals surface area contributed by atoms with E-state index < -0.39 is 0 Å². The van der Waals surface area contributed by atoms with Gasteiger partial charge in [-0.2, -0.15) is 4.37 Å². The molecule has 0 bridgehead atoms. The molecule has 32 heavy (non-hydrogen) atoms. The predicted molar refractivity (Wildman–Crippen MR) is 130 cm³/mol. The molecule has 2 amide bonds. The summed E-state index contributed by atoms with van der Waals surface area (Å²) in [6.45, 7) is 7.92. The van der Waals surface area contributed by atoms with Crippen molar-refractivity contribution in [2.45, 2.75) is 39.0 Å². The van der Waals surface area contributed by atoms with Gasteiger partial charge in [0.15, 0.2) is 0 Å². The maximum absolute atomic E-state index is 12.6. The zero-order valence-electron chi connectivity index (χ0n) is 19.0. The number of anilines is 1. The molecule has 1 aliphatic carbocycles. The van der Waals surface area contributed by atoms with Crippen molar-refractivity contribution >= 4 is 39.3 Å². The molecule has 3 N–H and O–H groups in total. The molecule has 8 heteroatoms. The number of primary amides is 1. The van der Waals surface area contributed by atoms with Gasteiger partial charge in [-0.05, 0) is 68.2 Å². The number of nitrogens with one attached hydrogen (secondary N) is 1. The molecule has 2 fully saturated rings. The molecule has 1 aromatic heterocycles. The summed E-state index contributed by atoms with van der Waals surface area (Å²) in [5.74, 6) is 0.695. The highest BCUT2D eigenvalue weighted by molar-refractivity contribution is 7.13. The first kappa shape index (κ1) is 23.0. The highest BCUT2D eigenvalue weighted by Crippen LogP contribution is 2.34.